The molecule has 1 N–H and O–H groups in total. The smallest absolute Gasteiger partial charge is 0.421 e. The molecule has 6 rings (SSSR count). The predicted octanol–water partition coefficient (Wildman–Crippen LogP) is 5.68. The van der Waals surface area contributed by atoms with Crippen molar-refractivity contribution in [1.29, 1.82) is 0 Å². The van der Waals surface area contributed by atoms with E-state index in [4.69, 9.17) is 26.1 Å². The summed E-state index contributed by atoms with van der Waals surface area (Å²) in [5.74, 6) is -0.966. The third-order valence-corrected chi connectivity index (χ3v) is 8.12. The number of carboxylic acids is 1. The zero-order valence-corrected chi connectivity index (χ0v) is 23.3. The van der Waals surface area contributed by atoms with Gasteiger partial charge in [-0.1, -0.05) is 29.8 Å². The van der Waals surface area contributed by atoms with Crippen LogP contribution in [0.5, 0.6) is 5.88 Å². The molecule has 0 radical (unpaired) electrons. The van der Waals surface area contributed by atoms with E-state index in [9.17, 15) is 23.1 Å². The highest BCUT2D eigenvalue weighted by molar-refractivity contribution is 6.31. The molecule has 1 saturated heterocycles. The molecule has 5 heterocycles. The molecule has 2 atom stereocenters. The van der Waals surface area contributed by atoms with Gasteiger partial charge in [-0.2, -0.15) is 13.2 Å². The van der Waals surface area contributed by atoms with Gasteiger partial charge in [0.15, 0.2) is 11.3 Å². The van der Waals surface area contributed by atoms with Crippen molar-refractivity contribution in [3.63, 3.8) is 0 Å². The van der Waals surface area contributed by atoms with Gasteiger partial charge in [-0.25, -0.2) is 19.7 Å². The van der Waals surface area contributed by atoms with Crippen molar-refractivity contribution in [2.45, 2.75) is 57.8 Å². The summed E-state index contributed by atoms with van der Waals surface area (Å²) < 4.78 is 55.2. The lowest BCUT2D eigenvalue weighted by Gasteiger charge is -2.35. The van der Waals surface area contributed by atoms with Crippen LogP contribution in [0.1, 0.15) is 58.1 Å². The summed E-state index contributed by atoms with van der Waals surface area (Å²) in [4.78, 5) is 27.1. The standard InChI is InChI=1S/C29H27ClF3N5O4/c1-16-25-17(12-20(29(31,32)33)27(36-25)42-15-18-4-2-3-5-21(18)30)8-10-37(16)14-24-34-22-6-7-23(28(39)40)35-26(22)38(24)13-19-9-11-41-19/h2-7,12,16,19H,8-11,13-15H2,1H3,(H,39,40)/t16-,19-/m0/s1. The van der Waals surface area contributed by atoms with E-state index < -0.39 is 23.6 Å². The zero-order valence-electron chi connectivity index (χ0n) is 22.6. The zero-order chi connectivity index (χ0) is 29.6. The highest BCUT2D eigenvalue weighted by atomic mass is 35.5. The van der Waals surface area contributed by atoms with Crippen LogP contribution in [0.4, 0.5) is 13.2 Å². The fraction of sp³-hybridized carbons (Fsp3) is 0.379. The summed E-state index contributed by atoms with van der Waals surface area (Å²) in [6.07, 6.45) is -3.45. The van der Waals surface area contributed by atoms with Crippen molar-refractivity contribution < 1.29 is 32.5 Å². The monoisotopic (exact) mass is 601 g/mol. The van der Waals surface area contributed by atoms with Gasteiger partial charge >= 0.3 is 12.1 Å². The first-order chi connectivity index (χ1) is 20.1. The molecule has 3 aromatic heterocycles. The summed E-state index contributed by atoms with van der Waals surface area (Å²) in [5.41, 5.74) is 1.57. The van der Waals surface area contributed by atoms with Crippen LogP contribution >= 0.6 is 11.6 Å². The molecule has 0 aliphatic carbocycles. The molecule has 9 nitrogen and oxygen atoms in total. The summed E-state index contributed by atoms with van der Waals surface area (Å²) in [6.45, 7) is 3.68. The molecule has 0 saturated carbocycles. The fourth-order valence-electron chi connectivity index (χ4n) is 5.33. The lowest BCUT2D eigenvalue weighted by atomic mass is 9.97. The third kappa shape index (κ3) is 5.53. The van der Waals surface area contributed by atoms with E-state index in [0.29, 0.717) is 71.5 Å². The van der Waals surface area contributed by atoms with E-state index in [1.807, 2.05) is 11.5 Å². The second-order valence-electron chi connectivity index (χ2n) is 10.4. The lowest BCUT2D eigenvalue weighted by Crippen LogP contribution is -2.36. The Kier molecular flexibility index (Phi) is 7.54. The van der Waals surface area contributed by atoms with Crippen molar-refractivity contribution in [3.8, 4) is 5.88 Å². The average Bonchev–Trinajstić information content (AvgIpc) is 3.27. The van der Waals surface area contributed by atoms with Crippen LogP contribution in [-0.4, -0.2) is 54.8 Å². The summed E-state index contributed by atoms with van der Waals surface area (Å²) >= 11 is 6.19. The Labute approximate surface area is 243 Å². The number of nitrogens with zero attached hydrogens (tertiary/aromatic N) is 5. The van der Waals surface area contributed by atoms with Crippen LogP contribution in [0, 0.1) is 0 Å². The number of aromatic nitrogens is 4. The number of pyridine rings is 2. The number of halogens is 4. The molecule has 2 aliphatic rings. The number of carboxylic acid groups (broad SMARTS) is 1. The molecule has 2 aliphatic heterocycles. The van der Waals surface area contributed by atoms with Crippen molar-refractivity contribution in [2.24, 2.45) is 0 Å². The lowest BCUT2D eigenvalue weighted by molar-refractivity contribution is -0.139. The number of alkyl halides is 3. The van der Waals surface area contributed by atoms with E-state index in [0.717, 1.165) is 12.5 Å². The molecule has 0 spiro atoms. The number of aromatic carboxylic acids is 1. The summed E-state index contributed by atoms with van der Waals surface area (Å²) in [6, 6.07) is 10.6. The minimum absolute atomic E-state index is 0.0313. The first kappa shape index (κ1) is 28.4. The first-order valence-electron chi connectivity index (χ1n) is 13.5. The molecule has 13 heteroatoms. The van der Waals surface area contributed by atoms with Gasteiger partial charge in [0.05, 0.1) is 30.9 Å². The average molecular weight is 602 g/mol. The molecular weight excluding hydrogens is 575 g/mol. The van der Waals surface area contributed by atoms with E-state index in [-0.39, 0.29) is 24.4 Å². The molecular formula is C29H27ClF3N5O4. The second kappa shape index (κ2) is 11.2. The predicted molar refractivity (Wildman–Crippen MR) is 146 cm³/mol. The van der Waals surface area contributed by atoms with Crippen LogP contribution in [0.25, 0.3) is 11.2 Å². The Morgan fingerprint density at radius 1 is 1.19 bits per heavy atom. The van der Waals surface area contributed by atoms with Gasteiger partial charge in [0.2, 0.25) is 5.88 Å². The van der Waals surface area contributed by atoms with Crippen LogP contribution in [0.2, 0.25) is 5.02 Å². The largest absolute Gasteiger partial charge is 0.477 e. The first-order valence-corrected chi connectivity index (χ1v) is 13.9. The van der Waals surface area contributed by atoms with E-state index in [1.54, 1.807) is 30.3 Å². The molecule has 0 unspecified atom stereocenters. The van der Waals surface area contributed by atoms with Crippen molar-refractivity contribution in [2.75, 3.05) is 13.2 Å². The molecule has 0 amide bonds. The Bertz CT molecular complexity index is 1660. The van der Waals surface area contributed by atoms with Gasteiger partial charge in [0, 0.05) is 23.7 Å². The highest BCUT2D eigenvalue weighted by Crippen LogP contribution is 2.40. The topological polar surface area (TPSA) is 103 Å². The Hall–Kier alpha value is -3.74. The Balaban J connectivity index is 1.31. The van der Waals surface area contributed by atoms with E-state index >= 15 is 0 Å². The van der Waals surface area contributed by atoms with Gasteiger partial charge < -0.3 is 19.1 Å². The van der Waals surface area contributed by atoms with Gasteiger partial charge in [0.25, 0.3) is 0 Å². The highest BCUT2D eigenvalue weighted by Gasteiger charge is 2.38. The number of imidazole rings is 1. The summed E-state index contributed by atoms with van der Waals surface area (Å²) in [7, 11) is 0. The maximum absolute atomic E-state index is 14.0. The van der Waals surface area contributed by atoms with Gasteiger partial charge in [0.1, 0.15) is 23.5 Å². The number of ether oxygens (including phenoxy) is 2. The number of hydrogen-bond donors (Lipinski definition) is 1. The van der Waals surface area contributed by atoms with Crippen LogP contribution < -0.4 is 4.74 Å². The van der Waals surface area contributed by atoms with Crippen LogP contribution in [0.15, 0.2) is 42.5 Å². The quantitative estimate of drug-likeness (QED) is 0.275. The maximum Gasteiger partial charge on any atom is 0.421 e. The van der Waals surface area contributed by atoms with E-state index in [1.165, 1.54) is 6.07 Å². The van der Waals surface area contributed by atoms with Gasteiger partial charge in [-0.3, -0.25) is 4.90 Å². The fourth-order valence-corrected chi connectivity index (χ4v) is 5.52. The number of fused-ring (bicyclic) bond motifs is 2. The van der Waals surface area contributed by atoms with Crippen molar-refractivity contribution in [1.82, 2.24) is 24.4 Å². The molecule has 0 bridgehead atoms. The SMILES string of the molecule is C[C@H]1c2nc(OCc3ccccc3Cl)c(C(F)(F)F)cc2CCN1Cc1nc2ccc(C(=O)O)nc2n1C[C@@H]1CCO1. The Morgan fingerprint density at radius 3 is 2.67 bits per heavy atom. The van der Waals surface area contributed by atoms with Gasteiger partial charge in [-0.05, 0) is 49.6 Å². The minimum Gasteiger partial charge on any atom is -0.477 e. The normalized spacial score (nSPS) is 19.0. The van der Waals surface area contributed by atoms with Crippen molar-refractivity contribution >= 4 is 28.7 Å². The summed E-state index contributed by atoms with van der Waals surface area (Å²) in [5, 5.41) is 9.85. The van der Waals surface area contributed by atoms with Crippen LogP contribution in [0.3, 0.4) is 0 Å². The van der Waals surface area contributed by atoms with Gasteiger partial charge in [-0.15, -0.1) is 0 Å². The molecule has 4 aromatic rings. The number of rotatable bonds is 8. The Morgan fingerprint density at radius 2 is 1.98 bits per heavy atom. The van der Waals surface area contributed by atoms with Crippen molar-refractivity contribution in [3.05, 3.63) is 81.4 Å². The number of hydrogen-bond acceptors (Lipinski definition) is 7. The molecule has 42 heavy (non-hydrogen) atoms. The minimum atomic E-state index is -4.64. The van der Waals surface area contributed by atoms with Crippen LogP contribution in [-0.2, 0) is 37.0 Å². The number of benzene rings is 1. The molecule has 1 fully saturated rings. The van der Waals surface area contributed by atoms with E-state index in [2.05, 4.69) is 14.9 Å². The molecule has 220 valence electrons. The maximum atomic E-state index is 14.0. The second-order valence-corrected chi connectivity index (χ2v) is 10.8. The number of carbonyl (C=O) groups is 1. The third-order valence-electron chi connectivity index (χ3n) is 7.75. The molecule has 1 aromatic carbocycles.